The molecule has 0 fully saturated rings. The first kappa shape index (κ1) is 22.5. The van der Waals surface area contributed by atoms with Crippen LogP contribution in [0.15, 0.2) is 59.1 Å². The van der Waals surface area contributed by atoms with Crippen LogP contribution >= 0.6 is 34.8 Å². The van der Waals surface area contributed by atoms with E-state index in [1.165, 1.54) is 0 Å². The largest absolute Gasteiger partial charge is 0.486 e. The topological polar surface area (TPSA) is 79.3 Å². The van der Waals surface area contributed by atoms with E-state index >= 15 is 0 Å². The second-order valence-electron chi connectivity index (χ2n) is 7.77. The summed E-state index contributed by atoms with van der Waals surface area (Å²) in [7, 11) is 1.78. The van der Waals surface area contributed by atoms with Crippen LogP contribution in [0.1, 0.15) is 36.3 Å². The lowest BCUT2D eigenvalue weighted by atomic mass is 9.76. The van der Waals surface area contributed by atoms with Gasteiger partial charge in [0, 0.05) is 29.8 Å². The molecule has 2 aromatic rings. The van der Waals surface area contributed by atoms with E-state index in [4.69, 9.17) is 45.3 Å². The molecule has 4 rings (SSSR count). The number of halogens is 3. The van der Waals surface area contributed by atoms with Crippen molar-refractivity contribution < 1.29 is 9.53 Å². The highest BCUT2D eigenvalue weighted by molar-refractivity contribution is 6.37. The van der Waals surface area contributed by atoms with Gasteiger partial charge in [-0.1, -0.05) is 46.9 Å². The van der Waals surface area contributed by atoms with Crippen LogP contribution in [0.2, 0.25) is 15.1 Å². The zero-order valence-corrected chi connectivity index (χ0v) is 19.6. The minimum atomic E-state index is -0.612. The van der Waals surface area contributed by atoms with Crippen molar-refractivity contribution in [3.05, 3.63) is 85.3 Å². The summed E-state index contributed by atoms with van der Waals surface area (Å²) >= 11 is 19.0. The Kier molecular flexibility index (Phi) is 6.39. The maximum Gasteiger partial charge on any atom is 0.161 e. The molecule has 164 valence electrons. The van der Waals surface area contributed by atoms with Gasteiger partial charge >= 0.3 is 0 Å². The summed E-state index contributed by atoms with van der Waals surface area (Å²) in [6.45, 7) is 0.258. The van der Waals surface area contributed by atoms with Crippen molar-refractivity contribution in [3.8, 4) is 11.8 Å². The number of carbonyl (C=O) groups is 1. The fourth-order valence-electron chi connectivity index (χ4n) is 4.22. The Balaban J connectivity index is 1.72. The van der Waals surface area contributed by atoms with E-state index in [0.717, 1.165) is 24.1 Å². The van der Waals surface area contributed by atoms with Gasteiger partial charge in [-0.05, 0) is 48.2 Å². The summed E-state index contributed by atoms with van der Waals surface area (Å²) < 4.78 is 5.86. The number of nitrogens with two attached hydrogens (primary N) is 1. The van der Waals surface area contributed by atoms with Crippen molar-refractivity contribution in [2.24, 2.45) is 5.73 Å². The molecule has 0 amide bonds. The molecule has 2 aromatic carbocycles. The smallest absolute Gasteiger partial charge is 0.161 e. The van der Waals surface area contributed by atoms with Gasteiger partial charge in [0.15, 0.2) is 11.5 Å². The summed E-state index contributed by atoms with van der Waals surface area (Å²) in [5.74, 6) is 0.0684. The summed E-state index contributed by atoms with van der Waals surface area (Å²) in [5.41, 5.74) is 9.56. The van der Waals surface area contributed by atoms with E-state index in [-0.39, 0.29) is 12.4 Å². The van der Waals surface area contributed by atoms with Crippen LogP contribution in [0.25, 0.3) is 0 Å². The second-order valence-corrected chi connectivity index (χ2v) is 9.02. The van der Waals surface area contributed by atoms with Gasteiger partial charge in [-0.3, -0.25) is 4.79 Å². The lowest BCUT2D eigenvalue weighted by Crippen LogP contribution is -2.36. The average Bonchev–Trinajstić information content (AvgIpc) is 2.77. The maximum atomic E-state index is 12.9. The van der Waals surface area contributed by atoms with Crippen molar-refractivity contribution in [2.45, 2.75) is 31.8 Å². The van der Waals surface area contributed by atoms with E-state index < -0.39 is 5.92 Å². The van der Waals surface area contributed by atoms with Crippen LogP contribution in [0.3, 0.4) is 0 Å². The fourth-order valence-corrected chi connectivity index (χ4v) is 4.96. The number of carbonyl (C=O) groups excluding carboxylic acids is 1. The van der Waals surface area contributed by atoms with Crippen molar-refractivity contribution in [2.75, 3.05) is 7.05 Å². The molecular weight excluding hydrogens is 469 g/mol. The number of hydrogen-bond donors (Lipinski definition) is 1. The van der Waals surface area contributed by atoms with Gasteiger partial charge < -0.3 is 15.4 Å². The van der Waals surface area contributed by atoms with Crippen molar-refractivity contribution in [1.29, 1.82) is 5.26 Å². The Morgan fingerprint density at radius 2 is 1.81 bits per heavy atom. The van der Waals surface area contributed by atoms with Gasteiger partial charge in [-0.25, -0.2) is 0 Å². The van der Waals surface area contributed by atoms with E-state index in [0.29, 0.717) is 49.8 Å². The van der Waals surface area contributed by atoms with Gasteiger partial charge in [0.25, 0.3) is 0 Å². The van der Waals surface area contributed by atoms with E-state index in [1.807, 2.05) is 12.1 Å². The summed E-state index contributed by atoms with van der Waals surface area (Å²) in [6, 6.07) is 12.8. The number of rotatable bonds is 4. The minimum Gasteiger partial charge on any atom is -0.486 e. The molecule has 32 heavy (non-hydrogen) atoms. The Morgan fingerprint density at radius 3 is 2.44 bits per heavy atom. The number of nitrogens with zero attached hydrogens (tertiary/aromatic N) is 2. The van der Waals surface area contributed by atoms with E-state index in [1.54, 1.807) is 36.2 Å². The molecule has 2 N–H and O–H groups in total. The molecule has 0 radical (unpaired) electrons. The number of Topliss-reactive ketones (excluding diaryl/α,β-unsaturated/α-hetero) is 1. The number of allylic oxidation sites excluding steroid dienone is 3. The first-order chi connectivity index (χ1) is 15.3. The van der Waals surface area contributed by atoms with Crippen LogP contribution in [0, 0.1) is 11.3 Å². The third-order valence-corrected chi connectivity index (χ3v) is 6.63. The fraction of sp³-hybridized carbons (Fsp3) is 0.250. The molecule has 0 spiro atoms. The lowest BCUT2D eigenvalue weighted by molar-refractivity contribution is -0.116. The van der Waals surface area contributed by atoms with Crippen molar-refractivity contribution in [1.82, 2.24) is 4.90 Å². The molecule has 0 unspecified atom stereocenters. The van der Waals surface area contributed by atoms with Crippen LogP contribution in [0.5, 0.6) is 5.75 Å². The average molecular weight is 489 g/mol. The van der Waals surface area contributed by atoms with Crippen molar-refractivity contribution >= 4 is 40.6 Å². The molecule has 5 nitrogen and oxygen atoms in total. The molecule has 1 heterocycles. The van der Waals surface area contributed by atoms with Gasteiger partial charge in [-0.2, -0.15) is 5.26 Å². The number of nitriles is 1. The highest BCUT2D eigenvalue weighted by Crippen LogP contribution is 2.46. The molecular formula is C24H20Cl3N3O2. The minimum absolute atomic E-state index is 0.0126. The predicted octanol–water partition coefficient (Wildman–Crippen LogP) is 5.96. The van der Waals surface area contributed by atoms with Crippen LogP contribution in [-0.2, 0) is 11.4 Å². The maximum absolute atomic E-state index is 12.9. The molecule has 1 aliphatic heterocycles. The van der Waals surface area contributed by atoms with Gasteiger partial charge in [0.1, 0.15) is 12.4 Å². The normalized spacial score (nSPS) is 18.5. The Bertz CT molecular complexity index is 1170. The standard InChI is InChI=1S/C24H20Cl3N3O2/c1-30-19-3-2-4-20(31)22(19)21(16(11-28)24(30)29)14-9-17(26)23(18(27)10-14)32-12-13-5-7-15(25)8-6-13/h5-10,21H,2-4,12,29H2,1H3/t21-/m1/s1. The van der Waals surface area contributed by atoms with Crippen LogP contribution in [0.4, 0.5) is 0 Å². The first-order valence-electron chi connectivity index (χ1n) is 10.1. The SMILES string of the molecule is CN1C(N)=C(C#N)[C@@H](c2cc(Cl)c(OCc3ccc(Cl)cc3)c(Cl)c2)C2=C1CCCC2=O. The first-order valence-corrected chi connectivity index (χ1v) is 11.2. The Labute approximate surface area is 201 Å². The number of ether oxygens (including phenoxy) is 1. The number of ketones is 1. The molecule has 0 bridgehead atoms. The van der Waals surface area contributed by atoms with Crippen LogP contribution < -0.4 is 10.5 Å². The number of hydrogen-bond acceptors (Lipinski definition) is 5. The van der Waals surface area contributed by atoms with E-state index in [9.17, 15) is 10.1 Å². The molecule has 2 aliphatic rings. The molecule has 1 atom stereocenters. The van der Waals surface area contributed by atoms with Gasteiger partial charge in [0.05, 0.1) is 27.6 Å². The third-order valence-electron chi connectivity index (χ3n) is 5.82. The molecule has 8 heteroatoms. The predicted molar refractivity (Wildman–Crippen MR) is 125 cm³/mol. The Morgan fingerprint density at radius 1 is 1.16 bits per heavy atom. The molecule has 0 saturated carbocycles. The molecule has 1 aliphatic carbocycles. The lowest BCUT2D eigenvalue weighted by Gasteiger charge is -2.37. The monoisotopic (exact) mass is 487 g/mol. The molecule has 0 saturated heterocycles. The third kappa shape index (κ3) is 4.06. The summed E-state index contributed by atoms with van der Waals surface area (Å²) in [5, 5.41) is 11.1. The zero-order chi connectivity index (χ0) is 23.0. The highest BCUT2D eigenvalue weighted by atomic mass is 35.5. The summed E-state index contributed by atoms with van der Waals surface area (Å²) in [4.78, 5) is 14.6. The Hall–Kier alpha value is -2.65. The van der Waals surface area contributed by atoms with Gasteiger partial charge in [-0.15, -0.1) is 0 Å². The van der Waals surface area contributed by atoms with E-state index in [2.05, 4.69) is 6.07 Å². The highest BCUT2D eigenvalue weighted by Gasteiger charge is 2.39. The second kappa shape index (κ2) is 9.07. The zero-order valence-electron chi connectivity index (χ0n) is 17.3. The number of benzene rings is 2. The van der Waals surface area contributed by atoms with Crippen molar-refractivity contribution in [3.63, 3.8) is 0 Å². The van der Waals surface area contributed by atoms with Crippen LogP contribution in [-0.4, -0.2) is 17.7 Å². The molecule has 0 aromatic heterocycles. The quantitative estimate of drug-likeness (QED) is 0.575. The van der Waals surface area contributed by atoms with Gasteiger partial charge in [0.2, 0.25) is 0 Å². The summed E-state index contributed by atoms with van der Waals surface area (Å²) in [6.07, 6.45) is 1.91.